The van der Waals surface area contributed by atoms with Crippen molar-refractivity contribution >= 4 is 11.6 Å². The number of hydrogen-bond donors (Lipinski definition) is 1. The van der Waals surface area contributed by atoms with Gasteiger partial charge in [-0.15, -0.1) is 0 Å². The van der Waals surface area contributed by atoms with Crippen LogP contribution in [0.3, 0.4) is 0 Å². The molecule has 3 heteroatoms. The largest absolute Gasteiger partial charge is 0.456 e. The van der Waals surface area contributed by atoms with E-state index in [-0.39, 0.29) is 6.04 Å². The summed E-state index contributed by atoms with van der Waals surface area (Å²) in [6.45, 7) is 4.00. The van der Waals surface area contributed by atoms with E-state index in [4.69, 9.17) is 22.1 Å². The van der Waals surface area contributed by atoms with Gasteiger partial charge in [0, 0.05) is 6.04 Å². The molecular formula is C16H18ClNO. The van der Waals surface area contributed by atoms with Crippen LogP contribution in [0.15, 0.2) is 42.5 Å². The van der Waals surface area contributed by atoms with E-state index in [1.54, 1.807) is 0 Å². The summed E-state index contributed by atoms with van der Waals surface area (Å²) in [5, 5.41) is 0.611. The van der Waals surface area contributed by atoms with Crippen LogP contribution >= 0.6 is 11.6 Å². The van der Waals surface area contributed by atoms with Gasteiger partial charge in [0.05, 0.1) is 5.02 Å². The number of rotatable bonds is 4. The molecule has 1 unspecified atom stereocenters. The molecule has 1 atom stereocenters. The fourth-order valence-electron chi connectivity index (χ4n) is 1.97. The summed E-state index contributed by atoms with van der Waals surface area (Å²) in [5.74, 6) is 1.49. The van der Waals surface area contributed by atoms with Gasteiger partial charge in [0.2, 0.25) is 0 Å². The van der Waals surface area contributed by atoms with Crippen LogP contribution in [0, 0.1) is 6.92 Å². The van der Waals surface area contributed by atoms with Gasteiger partial charge in [0.15, 0.2) is 0 Å². The number of hydrogen-bond acceptors (Lipinski definition) is 2. The second-order valence-electron chi connectivity index (χ2n) is 4.83. The first-order valence-electron chi connectivity index (χ1n) is 6.34. The van der Waals surface area contributed by atoms with Crippen LogP contribution in [0.5, 0.6) is 11.5 Å². The highest BCUT2D eigenvalue weighted by molar-refractivity contribution is 6.32. The van der Waals surface area contributed by atoms with Crippen molar-refractivity contribution in [2.45, 2.75) is 26.3 Å². The summed E-state index contributed by atoms with van der Waals surface area (Å²) >= 11 is 6.24. The van der Waals surface area contributed by atoms with E-state index in [0.29, 0.717) is 10.8 Å². The lowest BCUT2D eigenvalue weighted by Crippen LogP contribution is -2.18. The van der Waals surface area contributed by atoms with Gasteiger partial charge < -0.3 is 10.5 Å². The number of para-hydroxylation sites is 1. The first-order valence-corrected chi connectivity index (χ1v) is 6.71. The first kappa shape index (κ1) is 13.9. The van der Waals surface area contributed by atoms with Crippen LogP contribution in [-0.2, 0) is 6.42 Å². The van der Waals surface area contributed by atoms with Gasteiger partial charge in [-0.25, -0.2) is 0 Å². The maximum atomic E-state index is 6.24. The molecule has 0 aliphatic heterocycles. The van der Waals surface area contributed by atoms with Crippen LogP contribution in [-0.4, -0.2) is 6.04 Å². The number of halogens is 1. The van der Waals surface area contributed by atoms with Crippen molar-refractivity contribution in [3.05, 3.63) is 58.6 Å². The lowest BCUT2D eigenvalue weighted by Gasteiger charge is -2.14. The monoisotopic (exact) mass is 275 g/mol. The topological polar surface area (TPSA) is 35.2 Å². The van der Waals surface area contributed by atoms with Crippen molar-refractivity contribution in [3.8, 4) is 11.5 Å². The molecule has 0 saturated heterocycles. The minimum absolute atomic E-state index is 0.0679. The number of ether oxygens (including phenoxy) is 1. The van der Waals surface area contributed by atoms with Gasteiger partial charge in [-0.1, -0.05) is 35.9 Å². The van der Waals surface area contributed by atoms with Gasteiger partial charge in [-0.2, -0.15) is 0 Å². The number of benzene rings is 2. The Labute approximate surface area is 119 Å². The zero-order valence-corrected chi connectivity index (χ0v) is 11.9. The Morgan fingerprint density at radius 2 is 1.95 bits per heavy atom. The Morgan fingerprint density at radius 1 is 1.21 bits per heavy atom. The van der Waals surface area contributed by atoms with E-state index in [2.05, 4.69) is 0 Å². The molecule has 2 N–H and O–H groups in total. The summed E-state index contributed by atoms with van der Waals surface area (Å²) in [7, 11) is 0. The molecule has 0 aromatic heterocycles. The average Bonchev–Trinajstić information content (AvgIpc) is 2.33. The highest BCUT2D eigenvalue weighted by Crippen LogP contribution is 2.33. The summed E-state index contributed by atoms with van der Waals surface area (Å²) in [6.07, 6.45) is 0.738. The van der Waals surface area contributed by atoms with Crippen molar-refractivity contribution in [3.63, 3.8) is 0 Å². The number of nitrogens with two attached hydrogens (primary N) is 1. The molecule has 2 aromatic carbocycles. The zero-order valence-electron chi connectivity index (χ0n) is 11.2. The van der Waals surface area contributed by atoms with Crippen LogP contribution in [0.4, 0.5) is 0 Å². The smallest absolute Gasteiger partial charge is 0.149 e. The Morgan fingerprint density at radius 3 is 2.63 bits per heavy atom. The van der Waals surface area contributed by atoms with E-state index >= 15 is 0 Å². The van der Waals surface area contributed by atoms with E-state index in [1.807, 2.05) is 56.3 Å². The van der Waals surface area contributed by atoms with Gasteiger partial charge in [-0.05, 0) is 49.6 Å². The Bertz CT molecular complexity index is 566. The Kier molecular flexibility index (Phi) is 4.46. The quantitative estimate of drug-likeness (QED) is 0.901. The molecule has 100 valence electrons. The van der Waals surface area contributed by atoms with Crippen molar-refractivity contribution < 1.29 is 4.74 Å². The molecule has 2 nitrogen and oxygen atoms in total. The minimum Gasteiger partial charge on any atom is -0.456 e. The summed E-state index contributed by atoms with van der Waals surface area (Å²) in [6, 6.07) is 13.7. The molecule has 0 radical (unpaired) electrons. The van der Waals surface area contributed by atoms with Crippen molar-refractivity contribution in [1.82, 2.24) is 0 Å². The van der Waals surface area contributed by atoms with Crippen LogP contribution in [0.25, 0.3) is 0 Å². The molecule has 0 spiro atoms. The number of aryl methyl sites for hydroxylation is 1. The second-order valence-corrected chi connectivity index (χ2v) is 5.24. The first-order chi connectivity index (χ1) is 9.06. The van der Waals surface area contributed by atoms with E-state index in [0.717, 1.165) is 23.3 Å². The minimum atomic E-state index is 0.0679. The van der Waals surface area contributed by atoms with E-state index in [1.165, 1.54) is 0 Å². The maximum Gasteiger partial charge on any atom is 0.149 e. The van der Waals surface area contributed by atoms with E-state index < -0.39 is 0 Å². The molecular weight excluding hydrogens is 258 g/mol. The van der Waals surface area contributed by atoms with Gasteiger partial charge in [0.25, 0.3) is 0 Å². The third-order valence-electron chi connectivity index (χ3n) is 2.80. The molecule has 0 fully saturated rings. The molecule has 0 bridgehead atoms. The fraction of sp³-hybridized carbons (Fsp3) is 0.250. The molecule has 0 saturated carbocycles. The third kappa shape index (κ3) is 3.72. The van der Waals surface area contributed by atoms with E-state index in [9.17, 15) is 0 Å². The Hall–Kier alpha value is -1.51. The zero-order chi connectivity index (χ0) is 13.8. The predicted octanol–water partition coefficient (Wildman–Crippen LogP) is 4.33. The molecule has 2 aromatic rings. The predicted molar refractivity (Wildman–Crippen MR) is 80.1 cm³/mol. The van der Waals surface area contributed by atoms with Gasteiger partial charge in [0.1, 0.15) is 11.5 Å². The average molecular weight is 276 g/mol. The molecule has 0 heterocycles. The van der Waals surface area contributed by atoms with Gasteiger partial charge >= 0.3 is 0 Å². The van der Waals surface area contributed by atoms with Crippen molar-refractivity contribution in [1.29, 1.82) is 0 Å². The normalized spacial score (nSPS) is 12.2. The lowest BCUT2D eigenvalue weighted by atomic mass is 10.1. The van der Waals surface area contributed by atoms with Crippen molar-refractivity contribution in [2.75, 3.05) is 0 Å². The third-order valence-corrected chi connectivity index (χ3v) is 3.10. The van der Waals surface area contributed by atoms with Gasteiger partial charge in [-0.3, -0.25) is 0 Å². The van der Waals surface area contributed by atoms with Crippen LogP contribution in [0.2, 0.25) is 5.02 Å². The highest BCUT2D eigenvalue weighted by Gasteiger charge is 2.11. The molecule has 2 rings (SSSR count). The summed E-state index contributed by atoms with van der Waals surface area (Å²) in [4.78, 5) is 0. The molecule has 0 amide bonds. The Balaban J connectivity index is 2.33. The standard InChI is InChI=1S/C16H18ClNO/c1-11-5-3-7-14(9-11)19-16-13(10-12(2)18)6-4-8-15(16)17/h3-9,12H,10,18H2,1-2H3. The summed E-state index contributed by atoms with van der Waals surface area (Å²) in [5.41, 5.74) is 8.04. The van der Waals surface area contributed by atoms with Crippen molar-refractivity contribution in [2.24, 2.45) is 5.73 Å². The SMILES string of the molecule is Cc1cccc(Oc2c(Cl)cccc2CC(C)N)c1. The second kappa shape index (κ2) is 6.09. The maximum absolute atomic E-state index is 6.24. The molecule has 0 aliphatic rings. The molecule has 0 aliphatic carbocycles. The lowest BCUT2D eigenvalue weighted by molar-refractivity contribution is 0.473. The fourth-order valence-corrected chi connectivity index (χ4v) is 2.20. The van der Waals surface area contributed by atoms with Crippen LogP contribution in [0.1, 0.15) is 18.1 Å². The highest BCUT2D eigenvalue weighted by atomic mass is 35.5. The van der Waals surface area contributed by atoms with Crippen LogP contribution < -0.4 is 10.5 Å². The summed E-state index contributed by atoms with van der Waals surface area (Å²) < 4.78 is 5.93. The molecule has 19 heavy (non-hydrogen) atoms.